The molecule has 1 aromatic heterocycles. The molecule has 2 heteroatoms. The highest BCUT2D eigenvalue weighted by atomic mass is 32.1. The fourth-order valence-corrected chi connectivity index (χ4v) is 1.03. The summed E-state index contributed by atoms with van der Waals surface area (Å²) in [6, 6.07) is 10.2. The first-order valence-corrected chi connectivity index (χ1v) is 6.60. The van der Waals surface area contributed by atoms with Crippen LogP contribution in [0.5, 0.6) is 0 Å². The lowest BCUT2D eigenvalue weighted by Crippen LogP contribution is -1.71. The Morgan fingerprint density at radius 1 is 0.812 bits per heavy atom. The van der Waals surface area contributed by atoms with Crippen LogP contribution in [0.15, 0.2) is 42.7 Å². The molecule has 0 radical (unpaired) electrons. The van der Waals surface area contributed by atoms with Crippen molar-refractivity contribution >= 4 is 23.4 Å². The molecule has 0 aliphatic heterocycles. The van der Waals surface area contributed by atoms with Gasteiger partial charge in [-0.25, -0.2) is 0 Å². The Balaban J connectivity index is 0. The smallest absolute Gasteiger partial charge is 0.0346 e. The zero-order valence-corrected chi connectivity index (χ0v) is 11.8. The molecule has 0 saturated carbocycles. The van der Waals surface area contributed by atoms with E-state index >= 15 is 0 Å². The van der Waals surface area contributed by atoms with Crippen molar-refractivity contribution in [3.8, 4) is 0 Å². The Hall–Kier alpha value is -1.02. The van der Waals surface area contributed by atoms with Gasteiger partial charge in [0.2, 0.25) is 0 Å². The molecule has 0 aliphatic rings. The lowest BCUT2D eigenvalue weighted by atomic mass is 10.2. The summed E-state index contributed by atoms with van der Waals surface area (Å²) in [7, 11) is 0. The van der Waals surface area contributed by atoms with Gasteiger partial charge in [0.25, 0.3) is 0 Å². The molecule has 90 valence electrons. The highest BCUT2D eigenvalue weighted by Gasteiger charge is 1.86. The van der Waals surface area contributed by atoms with Gasteiger partial charge in [-0.15, -0.1) is 0 Å². The topological polar surface area (TPSA) is 12.9 Å². The van der Waals surface area contributed by atoms with Gasteiger partial charge in [-0.3, -0.25) is 4.98 Å². The minimum atomic E-state index is 1.20. The normalized spacial score (nSPS) is 7.38. The first-order chi connectivity index (χ1) is 7.97. The fourth-order valence-electron chi connectivity index (χ4n) is 1.03. The Kier molecular flexibility index (Phi) is 15.2. The van der Waals surface area contributed by atoms with Crippen LogP contribution < -0.4 is 0 Å². The van der Waals surface area contributed by atoms with Gasteiger partial charge in [0.05, 0.1) is 0 Å². The van der Waals surface area contributed by atoms with Crippen molar-refractivity contribution in [3.05, 3.63) is 42.7 Å². The van der Waals surface area contributed by atoms with Crippen molar-refractivity contribution < 1.29 is 0 Å². The molecule has 0 fully saturated rings. The summed E-state index contributed by atoms with van der Waals surface area (Å²) in [5.41, 5.74) is 0. The molecule has 0 bridgehead atoms. The van der Waals surface area contributed by atoms with Crippen molar-refractivity contribution in [3.63, 3.8) is 0 Å². The van der Waals surface area contributed by atoms with Gasteiger partial charge in [-0.1, -0.05) is 52.0 Å². The van der Waals surface area contributed by atoms with E-state index in [0.29, 0.717) is 0 Å². The zero-order valence-electron chi connectivity index (χ0n) is 10.9. The molecule has 2 aromatic rings. The third-order valence-electron chi connectivity index (χ3n) is 1.55. The van der Waals surface area contributed by atoms with E-state index in [-0.39, 0.29) is 0 Å². The van der Waals surface area contributed by atoms with Crippen molar-refractivity contribution in [2.45, 2.75) is 27.7 Å². The van der Waals surface area contributed by atoms with E-state index in [0.717, 1.165) is 0 Å². The number of rotatable bonds is 0. The third-order valence-corrected chi connectivity index (χ3v) is 1.55. The summed E-state index contributed by atoms with van der Waals surface area (Å²) in [5.74, 6) is 0. The van der Waals surface area contributed by atoms with Crippen LogP contribution in [0, 0.1) is 0 Å². The summed E-state index contributed by atoms with van der Waals surface area (Å²) < 4.78 is 0. The highest BCUT2D eigenvalue weighted by molar-refractivity contribution is 7.79. The van der Waals surface area contributed by atoms with Gasteiger partial charge in [0, 0.05) is 12.4 Å². The Morgan fingerprint density at radius 2 is 1.31 bits per heavy atom. The molecule has 0 N–H and O–H groups in total. The largest absolute Gasteiger partial charge is 0.264 e. The lowest BCUT2D eigenvalue weighted by molar-refractivity contribution is 1.36. The third kappa shape index (κ3) is 6.46. The zero-order chi connectivity index (χ0) is 12.8. The fraction of sp³-hybridized carbons (Fsp3) is 0.357. The van der Waals surface area contributed by atoms with Gasteiger partial charge in [0.15, 0.2) is 0 Å². The molecular formula is C14H23NS. The average Bonchev–Trinajstić information content (AvgIpc) is 2.45. The quantitative estimate of drug-likeness (QED) is 0.647. The number of thiol groups is 1. The molecule has 1 heterocycles. The number of nitrogens with zero attached hydrogens (tertiary/aromatic N) is 1. The number of aromatic nitrogens is 1. The van der Waals surface area contributed by atoms with Crippen LogP contribution in [-0.4, -0.2) is 11.2 Å². The highest BCUT2D eigenvalue weighted by Crippen LogP contribution is 2.09. The first kappa shape index (κ1) is 17.4. The van der Waals surface area contributed by atoms with E-state index < -0.39 is 0 Å². The Bertz CT molecular complexity index is 282. The van der Waals surface area contributed by atoms with Gasteiger partial charge in [0.1, 0.15) is 0 Å². The van der Waals surface area contributed by atoms with Gasteiger partial charge >= 0.3 is 0 Å². The monoisotopic (exact) mass is 237 g/mol. The number of pyridine rings is 1. The maximum atomic E-state index is 4.01. The molecule has 0 aliphatic carbocycles. The van der Waals surface area contributed by atoms with Crippen LogP contribution in [-0.2, 0) is 0 Å². The minimum Gasteiger partial charge on any atom is -0.264 e. The van der Waals surface area contributed by atoms with Crippen LogP contribution in [0.2, 0.25) is 0 Å². The van der Waals surface area contributed by atoms with Crippen molar-refractivity contribution in [2.24, 2.45) is 0 Å². The molecule has 0 unspecified atom stereocenters. The second-order valence-electron chi connectivity index (χ2n) is 2.22. The minimum absolute atomic E-state index is 1.20. The number of hydrogen-bond acceptors (Lipinski definition) is 2. The van der Waals surface area contributed by atoms with E-state index in [9.17, 15) is 0 Å². The summed E-state index contributed by atoms with van der Waals surface area (Å²) in [6.07, 6.45) is 5.37. The standard InChI is InChI=1S/C9H7N.2C2H6.CH4S/c1-2-4-9-7-10-6-5-8(9)3-1;3*1-2/h1-7H;2*1-2H3;2H,1H3. The summed E-state index contributed by atoms with van der Waals surface area (Å²) >= 11 is 3.53. The van der Waals surface area contributed by atoms with Gasteiger partial charge in [-0.05, 0) is 23.1 Å². The maximum absolute atomic E-state index is 4.01. The van der Waals surface area contributed by atoms with Crippen LogP contribution in [0.3, 0.4) is 0 Å². The van der Waals surface area contributed by atoms with E-state index in [2.05, 4.69) is 29.7 Å². The van der Waals surface area contributed by atoms with Crippen LogP contribution in [0.1, 0.15) is 27.7 Å². The van der Waals surface area contributed by atoms with E-state index in [1.807, 2.05) is 58.3 Å². The van der Waals surface area contributed by atoms with Gasteiger partial charge in [-0.2, -0.15) is 12.6 Å². The molecule has 1 aromatic carbocycles. The SMILES string of the molecule is CC.CC.CS.c1ccc2cnccc2c1. The molecule has 0 amide bonds. The molecule has 2 rings (SSSR count). The molecular weight excluding hydrogens is 214 g/mol. The van der Waals surface area contributed by atoms with Crippen LogP contribution in [0.4, 0.5) is 0 Å². The summed E-state index contributed by atoms with van der Waals surface area (Å²) in [4.78, 5) is 4.01. The molecule has 1 nitrogen and oxygen atoms in total. The van der Waals surface area contributed by atoms with Crippen LogP contribution >= 0.6 is 12.6 Å². The molecule has 0 atom stereocenters. The Labute approximate surface area is 105 Å². The Morgan fingerprint density at radius 3 is 1.81 bits per heavy atom. The number of hydrogen-bond donors (Lipinski definition) is 1. The summed E-state index contributed by atoms with van der Waals surface area (Å²) in [6.45, 7) is 8.00. The van der Waals surface area contributed by atoms with Crippen molar-refractivity contribution in [1.29, 1.82) is 0 Å². The second kappa shape index (κ2) is 14.0. The summed E-state index contributed by atoms with van der Waals surface area (Å²) in [5, 5.41) is 2.45. The predicted molar refractivity (Wildman–Crippen MR) is 79.3 cm³/mol. The average molecular weight is 237 g/mol. The molecule has 0 saturated heterocycles. The molecule has 0 spiro atoms. The maximum Gasteiger partial charge on any atom is 0.0346 e. The van der Waals surface area contributed by atoms with E-state index in [1.165, 1.54) is 10.8 Å². The van der Waals surface area contributed by atoms with Crippen molar-refractivity contribution in [2.75, 3.05) is 6.26 Å². The van der Waals surface area contributed by atoms with E-state index in [4.69, 9.17) is 0 Å². The lowest BCUT2D eigenvalue weighted by Gasteiger charge is -1.91. The first-order valence-electron chi connectivity index (χ1n) is 5.70. The van der Waals surface area contributed by atoms with Crippen LogP contribution in [0.25, 0.3) is 10.8 Å². The molecule has 16 heavy (non-hydrogen) atoms. The van der Waals surface area contributed by atoms with Gasteiger partial charge < -0.3 is 0 Å². The van der Waals surface area contributed by atoms with Crippen molar-refractivity contribution in [1.82, 2.24) is 4.98 Å². The second-order valence-corrected chi connectivity index (χ2v) is 2.22. The van der Waals surface area contributed by atoms with E-state index in [1.54, 1.807) is 6.26 Å². The predicted octanol–water partition coefficient (Wildman–Crippen LogP) is 4.83. The number of benzene rings is 1. The number of fused-ring (bicyclic) bond motifs is 1.